The first-order chi connectivity index (χ1) is 22.9. The van der Waals surface area contributed by atoms with Crippen LogP contribution in [-0.2, 0) is 9.53 Å². The fourth-order valence-corrected chi connectivity index (χ4v) is 7.19. The number of hydrogen-bond donors (Lipinski definition) is 2. The standard InChI is InChI=1S/C41H49NO4S/c1-4-30(26-27-46-40(34-18-12-7-13-19-34)39(44)33-16-10-6-11-17-33)28-37(31-20-22-35(23-21-31)47-36-24-25-36)41(45)42(3)29(2)38(43)32-14-8-5-9-15-32/h5-23,29-30,36-40,43-44H,4,24-28H2,1-3H3/t29-,30+,37-,38+,39+,40+/m1/s1. The first kappa shape index (κ1) is 34.9. The molecule has 0 saturated heterocycles. The predicted octanol–water partition coefficient (Wildman–Crippen LogP) is 8.90. The van der Waals surface area contributed by atoms with Gasteiger partial charge in [0.1, 0.15) is 12.2 Å². The third-order valence-corrected chi connectivity index (χ3v) is 10.8. The third kappa shape index (κ3) is 9.57. The van der Waals surface area contributed by atoms with Gasteiger partial charge >= 0.3 is 0 Å². The highest BCUT2D eigenvalue weighted by Crippen LogP contribution is 2.40. The van der Waals surface area contributed by atoms with Crippen LogP contribution in [0.25, 0.3) is 0 Å². The number of hydrogen-bond acceptors (Lipinski definition) is 5. The van der Waals surface area contributed by atoms with Crippen LogP contribution in [0.1, 0.15) is 92.4 Å². The molecule has 0 aliphatic heterocycles. The predicted molar refractivity (Wildman–Crippen MR) is 191 cm³/mol. The Morgan fingerprint density at radius 3 is 1.85 bits per heavy atom. The maximum atomic E-state index is 14.3. The number of amides is 1. The molecule has 1 aliphatic carbocycles. The molecule has 2 N–H and O–H groups in total. The van der Waals surface area contributed by atoms with E-state index >= 15 is 0 Å². The summed E-state index contributed by atoms with van der Waals surface area (Å²) in [5, 5.41) is 23.2. The molecule has 0 unspecified atom stereocenters. The summed E-state index contributed by atoms with van der Waals surface area (Å²) in [5.74, 6) is -0.121. The van der Waals surface area contributed by atoms with E-state index in [1.165, 1.54) is 17.7 Å². The number of rotatable bonds is 17. The smallest absolute Gasteiger partial charge is 0.230 e. The van der Waals surface area contributed by atoms with Crippen LogP contribution in [0.4, 0.5) is 0 Å². The Morgan fingerprint density at radius 2 is 1.32 bits per heavy atom. The molecule has 47 heavy (non-hydrogen) atoms. The van der Waals surface area contributed by atoms with Crippen LogP contribution < -0.4 is 0 Å². The first-order valence-corrected chi connectivity index (χ1v) is 17.9. The highest BCUT2D eigenvalue weighted by Gasteiger charge is 2.32. The van der Waals surface area contributed by atoms with Crippen LogP contribution in [0, 0.1) is 5.92 Å². The van der Waals surface area contributed by atoms with Crippen molar-refractivity contribution in [3.63, 3.8) is 0 Å². The van der Waals surface area contributed by atoms with Gasteiger partial charge in [-0.15, -0.1) is 11.8 Å². The average Bonchev–Trinajstić information content (AvgIpc) is 3.95. The van der Waals surface area contributed by atoms with E-state index in [0.29, 0.717) is 18.3 Å². The molecule has 0 aromatic heterocycles. The normalized spacial score (nSPS) is 16.9. The summed E-state index contributed by atoms with van der Waals surface area (Å²) in [6, 6.07) is 37.2. The van der Waals surface area contributed by atoms with Crippen LogP contribution in [0.3, 0.4) is 0 Å². The number of carbonyl (C=O) groups excluding carboxylic acids is 1. The number of aliphatic hydroxyl groups excluding tert-OH is 2. The minimum absolute atomic E-state index is 0.0103. The molecular formula is C41H49NO4S. The number of ether oxygens (including phenoxy) is 1. The Labute approximate surface area is 285 Å². The van der Waals surface area contributed by atoms with E-state index in [1.54, 1.807) is 4.90 Å². The van der Waals surface area contributed by atoms with Crippen molar-refractivity contribution >= 4 is 17.7 Å². The van der Waals surface area contributed by atoms with Gasteiger partial charge in [-0.1, -0.05) is 116 Å². The van der Waals surface area contributed by atoms with Crippen molar-refractivity contribution in [1.82, 2.24) is 4.90 Å². The summed E-state index contributed by atoms with van der Waals surface area (Å²) in [6.45, 7) is 4.54. The molecule has 4 aromatic carbocycles. The molecule has 248 valence electrons. The van der Waals surface area contributed by atoms with Gasteiger partial charge in [0.15, 0.2) is 0 Å². The summed E-state index contributed by atoms with van der Waals surface area (Å²) < 4.78 is 6.47. The van der Waals surface area contributed by atoms with Gasteiger partial charge in [-0.2, -0.15) is 0 Å². The van der Waals surface area contributed by atoms with E-state index in [-0.39, 0.29) is 17.7 Å². The van der Waals surface area contributed by atoms with Crippen molar-refractivity contribution in [2.24, 2.45) is 5.92 Å². The zero-order valence-electron chi connectivity index (χ0n) is 27.8. The largest absolute Gasteiger partial charge is 0.386 e. The number of nitrogens with zero attached hydrogens (tertiary/aromatic N) is 1. The van der Waals surface area contributed by atoms with Crippen molar-refractivity contribution in [3.8, 4) is 0 Å². The number of thioether (sulfide) groups is 1. The Kier molecular flexibility index (Phi) is 12.7. The zero-order valence-corrected chi connectivity index (χ0v) is 28.6. The van der Waals surface area contributed by atoms with Gasteiger partial charge in [0, 0.05) is 23.8 Å². The maximum absolute atomic E-state index is 14.3. The number of carbonyl (C=O) groups is 1. The Balaban J connectivity index is 1.31. The minimum atomic E-state index is -0.800. The number of likely N-dealkylation sites (N-methyl/N-ethyl adjacent to an activating group) is 1. The summed E-state index contributed by atoms with van der Waals surface area (Å²) >= 11 is 1.92. The second-order valence-electron chi connectivity index (χ2n) is 12.8. The van der Waals surface area contributed by atoms with E-state index in [4.69, 9.17) is 4.74 Å². The lowest BCUT2D eigenvalue weighted by Gasteiger charge is -2.33. The summed E-state index contributed by atoms with van der Waals surface area (Å²) in [5.41, 5.74) is 3.55. The lowest BCUT2D eigenvalue weighted by molar-refractivity contribution is -0.136. The maximum Gasteiger partial charge on any atom is 0.230 e. The van der Waals surface area contributed by atoms with E-state index in [2.05, 4.69) is 31.2 Å². The molecule has 6 atom stereocenters. The third-order valence-electron chi connectivity index (χ3n) is 9.49. The molecule has 1 aliphatic rings. The van der Waals surface area contributed by atoms with Gasteiger partial charge in [-0.3, -0.25) is 4.79 Å². The molecule has 5 rings (SSSR count). The fourth-order valence-electron chi connectivity index (χ4n) is 6.14. The van der Waals surface area contributed by atoms with E-state index in [9.17, 15) is 15.0 Å². The molecule has 1 fully saturated rings. The molecule has 6 heteroatoms. The quantitative estimate of drug-likeness (QED) is 0.119. The molecule has 0 spiro atoms. The van der Waals surface area contributed by atoms with Crippen molar-refractivity contribution in [3.05, 3.63) is 138 Å². The molecule has 0 bridgehead atoms. The van der Waals surface area contributed by atoms with Gasteiger partial charge in [-0.25, -0.2) is 0 Å². The highest BCUT2D eigenvalue weighted by molar-refractivity contribution is 8.00. The molecule has 1 amide bonds. The monoisotopic (exact) mass is 651 g/mol. The van der Waals surface area contributed by atoms with Crippen LogP contribution in [-0.4, -0.2) is 46.0 Å². The van der Waals surface area contributed by atoms with E-state index in [1.807, 2.05) is 117 Å². The van der Waals surface area contributed by atoms with Crippen molar-refractivity contribution < 1.29 is 19.7 Å². The SMILES string of the molecule is CC[C@@H](CCO[C@@H](c1ccccc1)[C@@H](O)c1ccccc1)C[C@@H](C(=O)N(C)[C@H](C)[C@H](O)c1ccccc1)c1ccc(SC2CC2)cc1. The molecular weight excluding hydrogens is 603 g/mol. The molecule has 1 saturated carbocycles. The lowest BCUT2D eigenvalue weighted by Crippen LogP contribution is -2.42. The summed E-state index contributed by atoms with van der Waals surface area (Å²) in [7, 11) is 1.81. The summed E-state index contributed by atoms with van der Waals surface area (Å²) in [6.07, 6.45) is 2.77. The van der Waals surface area contributed by atoms with Crippen LogP contribution in [0.2, 0.25) is 0 Å². The Morgan fingerprint density at radius 1 is 0.787 bits per heavy atom. The topological polar surface area (TPSA) is 70.0 Å². The zero-order chi connectivity index (χ0) is 33.2. The summed E-state index contributed by atoms with van der Waals surface area (Å²) in [4.78, 5) is 17.3. The highest BCUT2D eigenvalue weighted by atomic mass is 32.2. The molecule has 5 nitrogen and oxygen atoms in total. The van der Waals surface area contributed by atoms with Gasteiger partial charge in [-0.05, 0) is 72.9 Å². The molecule has 0 heterocycles. The van der Waals surface area contributed by atoms with E-state index < -0.39 is 24.4 Å². The van der Waals surface area contributed by atoms with Gasteiger partial charge in [0.25, 0.3) is 0 Å². The van der Waals surface area contributed by atoms with Gasteiger partial charge in [0.2, 0.25) is 5.91 Å². The van der Waals surface area contributed by atoms with Crippen molar-refractivity contribution in [1.29, 1.82) is 0 Å². The minimum Gasteiger partial charge on any atom is -0.386 e. The fraction of sp³-hybridized carbons (Fsp3) is 0.390. The Hall–Kier alpha value is -3.42. The van der Waals surface area contributed by atoms with Crippen LogP contribution >= 0.6 is 11.8 Å². The van der Waals surface area contributed by atoms with Crippen molar-refractivity contribution in [2.45, 2.75) is 86.4 Å². The van der Waals surface area contributed by atoms with Gasteiger partial charge < -0.3 is 19.8 Å². The molecule has 4 aromatic rings. The second-order valence-corrected chi connectivity index (χ2v) is 14.2. The van der Waals surface area contributed by atoms with Crippen molar-refractivity contribution in [2.75, 3.05) is 13.7 Å². The van der Waals surface area contributed by atoms with Crippen LogP contribution in [0.5, 0.6) is 0 Å². The van der Waals surface area contributed by atoms with Gasteiger partial charge in [0.05, 0.1) is 18.1 Å². The average molecular weight is 652 g/mol. The van der Waals surface area contributed by atoms with E-state index in [0.717, 1.165) is 35.1 Å². The number of benzene rings is 4. The second kappa shape index (κ2) is 17.1. The number of aliphatic hydroxyl groups is 2. The lowest BCUT2D eigenvalue weighted by atomic mass is 9.84. The van der Waals surface area contributed by atoms with Crippen LogP contribution in [0.15, 0.2) is 120 Å². The first-order valence-electron chi connectivity index (χ1n) is 17.0. The molecule has 0 radical (unpaired) electrons. The Bertz CT molecular complexity index is 1500.